The third-order valence-electron chi connectivity index (χ3n) is 10.1. The first-order valence-corrected chi connectivity index (χ1v) is 15.4. The van der Waals surface area contributed by atoms with E-state index < -0.39 is 7.60 Å². The summed E-state index contributed by atoms with van der Waals surface area (Å²) in [5.74, 6) is 4.76. The van der Waals surface area contributed by atoms with Crippen molar-refractivity contribution in [3.63, 3.8) is 0 Å². The van der Waals surface area contributed by atoms with Crippen molar-refractivity contribution in [1.29, 1.82) is 0 Å². The van der Waals surface area contributed by atoms with Gasteiger partial charge in [-0.3, -0.25) is 4.57 Å². The number of aryl methyl sites for hydroxylation is 2. The van der Waals surface area contributed by atoms with Gasteiger partial charge in [-0.25, -0.2) is 4.39 Å². The molecule has 5 saturated carbocycles. The van der Waals surface area contributed by atoms with Gasteiger partial charge < -0.3 is 14.5 Å². The van der Waals surface area contributed by atoms with E-state index in [9.17, 15) is 14.4 Å². The van der Waals surface area contributed by atoms with Gasteiger partial charge in [-0.15, -0.1) is 0 Å². The van der Waals surface area contributed by atoms with Crippen molar-refractivity contribution in [1.82, 2.24) is 0 Å². The van der Waals surface area contributed by atoms with Gasteiger partial charge >= 0.3 is 7.60 Å². The van der Waals surface area contributed by atoms with Crippen LogP contribution in [-0.2, 0) is 4.57 Å². The average molecular weight is 513 g/mol. The van der Waals surface area contributed by atoms with Crippen LogP contribution < -0.4 is 10.0 Å². The Morgan fingerprint density at radius 3 is 1.94 bits per heavy atom. The van der Waals surface area contributed by atoms with Gasteiger partial charge in [0.05, 0.1) is 5.30 Å². The van der Waals surface area contributed by atoms with Crippen molar-refractivity contribution in [3.05, 3.63) is 52.8 Å². The topological polar surface area (TPSA) is 66.8 Å². The third-order valence-corrected chi connectivity index (χ3v) is 11.0. The molecule has 0 amide bonds. The standard InChI is InChI=1S/C30H38FO4P/c1-18-9-26(36(32,33)34)10-19(2)29(18)35-25-7-8-27(28(31)14-25)23-3-5-24(6-4-23)30-15-20-11-21(16-30)13-22(12-20)17-30/h7-10,14,20-24H,3-6,11-13,15-17H2,1-2H3,(H2,32,33,34)/t20-,21-,22?,23-,24-,30-/m1/s1. The van der Waals surface area contributed by atoms with Crippen LogP contribution in [0.25, 0.3) is 0 Å². The van der Waals surface area contributed by atoms with Crippen LogP contribution in [-0.4, -0.2) is 9.79 Å². The summed E-state index contributed by atoms with van der Waals surface area (Å²) < 4.78 is 32.9. The van der Waals surface area contributed by atoms with E-state index >= 15 is 4.39 Å². The molecule has 7 rings (SSSR count). The van der Waals surface area contributed by atoms with Crippen LogP contribution in [0.3, 0.4) is 0 Å². The zero-order chi connectivity index (χ0) is 25.2. The number of halogens is 1. The average Bonchev–Trinajstić information content (AvgIpc) is 2.80. The molecule has 36 heavy (non-hydrogen) atoms. The maximum Gasteiger partial charge on any atom is 0.356 e. The molecule has 4 bridgehead atoms. The zero-order valence-electron chi connectivity index (χ0n) is 21.4. The Kier molecular flexibility index (Phi) is 6.14. The van der Waals surface area contributed by atoms with Crippen molar-refractivity contribution >= 4 is 12.9 Å². The lowest BCUT2D eigenvalue weighted by atomic mass is 9.45. The van der Waals surface area contributed by atoms with E-state index in [4.69, 9.17) is 4.74 Å². The summed E-state index contributed by atoms with van der Waals surface area (Å²) >= 11 is 0. The van der Waals surface area contributed by atoms with E-state index in [-0.39, 0.29) is 17.0 Å². The summed E-state index contributed by atoms with van der Waals surface area (Å²) in [7, 11) is -4.34. The van der Waals surface area contributed by atoms with Crippen LogP contribution in [0.1, 0.15) is 86.8 Å². The molecule has 0 unspecified atom stereocenters. The van der Waals surface area contributed by atoms with Gasteiger partial charge in [0.1, 0.15) is 17.3 Å². The lowest BCUT2D eigenvalue weighted by Gasteiger charge is -2.60. The van der Waals surface area contributed by atoms with E-state index in [1.54, 1.807) is 13.8 Å². The van der Waals surface area contributed by atoms with Crippen molar-refractivity contribution < 1.29 is 23.5 Å². The van der Waals surface area contributed by atoms with E-state index in [1.165, 1.54) is 69.6 Å². The van der Waals surface area contributed by atoms with Crippen molar-refractivity contribution in [2.24, 2.45) is 29.1 Å². The number of rotatable bonds is 5. The summed E-state index contributed by atoms with van der Waals surface area (Å²) in [6, 6.07) is 8.07. The Morgan fingerprint density at radius 2 is 1.44 bits per heavy atom. The van der Waals surface area contributed by atoms with Crippen LogP contribution in [0, 0.1) is 48.8 Å². The fourth-order valence-corrected chi connectivity index (χ4v) is 9.69. The van der Waals surface area contributed by atoms with Gasteiger partial charge in [0, 0.05) is 6.07 Å². The van der Waals surface area contributed by atoms with Crippen molar-refractivity contribution in [3.8, 4) is 11.5 Å². The smallest absolute Gasteiger partial charge is 0.356 e. The van der Waals surface area contributed by atoms with Gasteiger partial charge in [0.15, 0.2) is 0 Å². The summed E-state index contributed by atoms with van der Waals surface area (Å²) in [4.78, 5) is 19.0. The quantitative estimate of drug-likeness (QED) is 0.407. The molecule has 2 N–H and O–H groups in total. The molecule has 6 heteroatoms. The Morgan fingerprint density at radius 1 is 0.889 bits per heavy atom. The first-order chi connectivity index (χ1) is 17.1. The summed E-state index contributed by atoms with van der Waals surface area (Å²) in [6.07, 6.45) is 13.5. The molecular weight excluding hydrogens is 474 g/mol. The van der Waals surface area contributed by atoms with Gasteiger partial charge in [0.2, 0.25) is 0 Å². The second kappa shape index (κ2) is 8.96. The molecule has 0 heterocycles. The van der Waals surface area contributed by atoms with Crippen LogP contribution in [0.2, 0.25) is 0 Å². The maximum atomic E-state index is 15.3. The summed E-state index contributed by atoms with van der Waals surface area (Å²) in [5, 5.41) is -0.0319. The second-order valence-electron chi connectivity index (χ2n) is 12.6. The Balaban J connectivity index is 1.13. The Hall–Kier alpha value is -1.68. The molecule has 5 fully saturated rings. The molecule has 2 aromatic carbocycles. The predicted octanol–water partition coefficient (Wildman–Crippen LogP) is 7.53. The van der Waals surface area contributed by atoms with Crippen molar-refractivity contribution in [2.45, 2.75) is 84.0 Å². The lowest BCUT2D eigenvalue weighted by Crippen LogP contribution is -2.50. The first-order valence-electron chi connectivity index (χ1n) is 13.7. The van der Waals surface area contributed by atoms with Gasteiger partial charge in [-0.1, -0.05) is 6.07 Å². The van der Waals surface area contributed by atoms with E-state index in [1.807, 2.05) is 12.1 Å². The fourth-order valence-electron chi connectivity index (χ4n) is 8.97. The SMILES string of the molecule is Cc1cc(P(=O)(O)O)cc(C)c1Oc1ccc([C@H]2CC[C@H]([C@]34CC5C[C@@H](C[C@H](C5)C3)C4)CC2)c(F)c1. The van der Waals surface area contributed by atoms with Gasteiger partial charge in [0.25, 0.3) is 0 Å². The molecule has 5 aliphatic rings. The molecular formula is C30H38FO4P. The normalized spacial score (nSPS) is 33.6. The highest BCUT2D eigenvalue weighted by atomic mass is 31.2. The number of hydrogen-bond donors (Lipinski definition) is 2. The van der Waals surface area contributed by atoms with Crippen LogP contribution in [0.5, 0.6) is 11.5 Å². The Bertz CT molecular complexity index is 1150. The van der Waals surface area contributed by atoms with Crippen molar-refractivity contribution in [2.75, 3.05) is 0 Å². The lowest BCUT2D eigenvalue weighted by molar-refractivity contribution is -0.0959. The van der Waals surface area contributed by atoms with Gasteiger partial charge in [-0.05, 0) is 148 Å². The number of hydrogen-bond acceptors (Lipinski definition) is 2. The third kappa shape index (κ3) is 4.46. The monoisotopic (exact) mass is 512 g/mol. The molecule has 2 aromatic rings. The minimum absolute atomic E-state index is 0.0319. The van der Waals surface area contributed by atoms with E-state index in [0.717, 1.165) is 42.1 Å². The molecule has 0 aromatic heterocycles. The number of ether oxygens (including phenoxy) is 1. The van der Waals surface area contributed by atoms with Gasteiger partial charge in [-0.2, -0.15) is 0 Å². The summed E-state index contributed by atoms with van der Waals surface area (Å²) in [6.45, 7) is 3.49. The molecule has 5 aliphatic carbocycles. The zero-order valence-corrected chi connectivity index (χ0v) is 22.3. The highest BCUT2D eigenvalue weighted by Gasteiger charge is 2.54. The molecule has 0 spiro atoms. The Labute approximate surface area is 213 Å². The second-order valence-corrected chi connectivity index (χ2v) is 14.2. The maximum absolute atomic E-state index is 15.3. The number of benzene rings is 2. The molecule has 0 saturated heterocycles. The molecule has 0 atom stereocenters. The first kappa shape index (κ1) is 24.6. The minimum Gasteiger partial charge on any atom is -0.457 e. The van der Waals surface area contributed by atoms with Crippen LogP contribution in [0.4, 0.5) is 4.39 Å². The van der Waals surface area contributed by atoms with E-state index in [0.29, 0.717) is 28.0 Å². The van der Waals surface area contributed by atoms with E-state index in [2.05, 4.69) is 0 Å². The summed E-state index contributed by atoms with van der Waals surface area (Å²) in [5.41, 5.74) is 2.62. The highest BCUT2D eigenvalue weighted by molar-refractivity contribution is 7.60. The molecule has 0 radical (unpaired) electrons. The highest BCUT2D eigenvalue weighted by Crippen LogP contribution is 2.65. The van der Waals surface area contributed by atoms with Crippen LogP contribution in [0.15, 0.2) is 30.3 Å². The molecule has 4 nitrogen and oxygen atoms in total. The predicted molar refractivity (Wildman–Crippen MR) is 139 cm³/mol. The molecule has 0 aliphatic heterocycles. The fraction of sp³-hybridized carbons (Fsp3) is 0.600. The molecule has 194 valence electrons. The minimum atomic E-state index is -4.34. The van der Waals surface area contributed by atoms with Crippen LogP contribution >= 0.6 is 7.60 Å². The largest absolute Gasteiger partial charge is 0.457 e.